The molecule has 3 aromatic heterocycles. The Morgan fingerprint density at radius 3 is 2.54 bits per heavy atom. The van der Waals surface area contributed by atoms with E-state index in [-0.39, 0.29) is 42.3 Å². The van der Waals surface area contributed by atoms with Gasteiger partial charge in [-0.25, -0.2) is 9.78 Å². The maximum Gasteiger partial charge on any atom is 0.490 e. The molecule has 6 rings (SSSR count). The van der Waals surface area contributed by atoms with Crippen LogP contribution in [0.25, 0.3) is 33.3 Å². The van der Waals surface area contributed by atoms with Crippen molar-refractivity contribution in [2.45, 2.75) is 71.3 Å². The molecule has 0 saturated carbocycles. The number of carbonyl (C=O) groups excluding carboxylic acids is 2. The van der Waals surface area contributed by atoms with Gasteiger partial charge in [0, 0.05) is 49.1 Å². The number of imidazole rings is 1. The van der Waals surface area contributed by atoms with Crippen LogP contribution in [-0.2, 0) is 27.3 Å². The van der Waals surface area contributed by atoms with Gasteiger partial charge < -0.3 is 29.6 Å². The van der Waals surface area contributed by atoms with Gasteiger partial charge in [-0.2, -0.15) is 23.3 Å². The van der Waals surface area contributed by atoms with Crippen LogP contribution in [-0.4, -0.2) is 78.7 Å². The van der Waals surface area contributed by atoms with Crippen molar-refractivity contribution in [3.63, 3.8) is 0 Å². The van der Waals surface area contributed by atoms with Gasteiger partial charge in [0.1, 0.15) is 5.82 Å². The van der Waals surface area contributed by atoms with Gasteiger partial charge in [0.25, 0.3) is 5.91 Å². The molecule has 0 aliphatic carbocycles. The molecule has 266 valence electrons. The molecule has 14 nitrogen and oxygen atoms in total. The molecular formula is C33H37F3N8O6. The number of aliphatic carboxylic acids is 1. The Labute approximate surface area is 283 Å². The zero-order valence-electron chi connectivity index (χ0n) is 27.8. The summed E-state index contributed by atoms with van der Waals surface area (Å²) in [6, 6.07) is 11.1. The average Bonchev–Trinajstić information content (AvgIpc) is 3.88. The maximum absolute atomic E-state index is 13.5. The van der Waals surface area contributed by atoms with Crippen LogP contribution in [0, 0.1) is 5.41 Å². The van der Waals surface area contributed by atoms with Gasteiger partial charge in [-0.1, -0.05) is 38.1 Å². The molecule has 4 N–H and O–H groups in total. The zero-order chi connectivity index (χ0) is 36.2. The molecule has 17 heteroatoms. The third-order valence-corrected chi connectivity index (χ3v) is 8.19. The minimum absolute atomic E-state index is 0.115. The lowest BCUT2D eigenvalue weighted by Crippen LogP contribution is -2.32. The van der Waals surface area contributed by atoms with Crippen LogP contribution in [0.3, 0.4) is 0 Å². The summed E-state index contributed by atoms with van der Waals surface area (Å²) in [5.41, 5.74) is 3.40. The van der Waals surface area contributed by atoms with Gasteiger partial charge in [0.2, 0.25) is 11.8 Å². The monoisotopic (exact) mass is 698 g/mol. The number of hydrogen-bond acceptors (Lipinski definition) is 9. The Morgan fingerprint density at radius 2 is 1.88 bits per heavy atom. The molecule has 2 atom stereocenters. The maximum atomic E-state index is 13.5. The summed E-state index contributed by atoms with van der Waals surface area (Å²) in [5.74, 6) is -1.49. The number of rotatable bonds is 9. The summed E-state index contributed by atoms with van der Waals surface area (Å²) >= 11 is 0. The lowest BCUT2D eigenvalue weighted by molar-refractivity contribution is -0.192. The fourth-order valence-corrected chi connectivity index (χ4v) is 5.63. The highest BCUT2D eigenvalue weighted by atomic mass is 19.4. The molecule has 0 radical (unpaired) electrons. The Hall–Kier alpha value is -5.32. The number of ether oxygens (including phenoxy) is 1. The van der Waals surface area contributed by atoms with Gasteiger partial charge in [-0.05, 0) is 42.5 Å². The van der Waals surface area contributed by atoms with Crippen molar-refractivity contribution in [1.82, 2.24) is 40.5 Å². The summed E-state index contributed by atoms with van der Waals surface area (Å²) in [6.45, 7) is 7.17. The first kappa shape index (κ1) is 36.0. The van der Waals surface area contributed by atoms with E-state index < -0.39 is 12.1 Å². The van der Waals surface area contributed by atoms with E-state index in [1.807, 2.05) is 30.3 Å². The number of H-pyrrole nitrogens is 1. The van der Waals surface area contributed by atoms with Gasteiger partial charge in [-0.15, -0.1) is 0 Å². The van der Waals surface area contributed by atoms with E-state index in [1.165, 1.54) is 0 Å². The summed E-state index contributed by atoms with van der Waals surface area (Å²) < 4.78 is 44.9. The van der Waals surface area contributed by atoms with Crippen molar-refractivity contribution in [2.24, 2.45) is 5.41 Å². The lowest BCUT2D eigenvalue weighted by atomic mass is 9.84. The minimum Gasteiger partial charge on any atom is -0.475 e. The first-order valence-corrected chi connectivity index (χ1v) is 15.8. The summed E-state index contributed by atoms with van der Waals surface area (Å²) in [4.78, 5) is 44.4. The molecular weight excluding hydrogens is 661 g/mol. The highest BCUT2D eigenvalue weighted by Crippen LogP contribution is 2.40. The molecule has 5 aromatic rings. The van der Waals surface area contributed by atoms with Crippen molar-refractivity contribution >= 4 is 39.7 Å². The second-order valence-corrected chi connectivity index (χ2v) is 12.9. The Bertz CT molecular complexity index is 1990. The van der Waals surface area contributed by atoms with E-state index in [4.69, 9.17) is 24.1 Å². The Morgan fingerprint density at radius 1 is 1.12 bits per heavy atom. The standard InChI is InChI=1S/C31H36N8O4.C2HF3O2/c1-31(2,3)25(15-27(40)33-17-28-36-26(38-43-28)14-21-6-5-11-42-21)39-24-13-19(30(41)32-4)9-10-22(24)35-29(39)18-7-8-20-16-34-37-23(20)12-18;3-2(4,5)1(6)7/h7-10,12-13,16,21,25H,5-6,11,14-15,17H2,1-4H3,(H,32,41)(H,33,40)(H,34,37);(H,6,7). The molecule has 1 fully saturated rings. The highest BCUT2D eigenvalue weighted by molar-refractivity contribution is 5.98. The van der Waals surface area contributed by atoms with Crippen LogP contribution < -0.4 is 10.6 Å². The smallest absolute Gasteiger partial charge is 0.475 e. The summed E-state index contributed by atoms with van der Waals surface area (Å²) in [7, 11) is 1.60. The zero-order valence-corrected chi connectivity index (χ0v) is 27.8. The van der Waals surface area contributed by atoms with Crippen LogP contribution in [0.4, 0.5) is 13.2 Å². The van der Waals surface area contributed by atoms with E-state index >= 15 is 0 Å². The SMILES string of the molecule is CNC(=O)c1ccc2nc(-c3ccc4cn[nH]c4c3)n(C(CC(=O)NCc3nc(CC4CCCO4)no3)C(C)(C)C)c2c1.O=C(O)C(F)(F)F. The largest absolute Gasteiger partial charge is 0.490 e. The molecule has 50 heavy (non-hydrogen) atoms. The second kappa shape index (κ2) is 14.7. The van der Waals surface area contributed by atoms with Crippen molar-refractivity contribution in [1.29, 1.82) is 0 Å². The molecule has 4 heterocycles. The molecule has 2 aromatic carbocycles. The number of fused-ring (bicyclic) bond motifs is 2. The molecule has 0 spiro atoms. The third kappa shape index (κ3) is 8.45. The number of benzene rings is 2. The number of halogens is 3. The van der Waals surface area contributed by atoms with Crippen molar-refractivity contribution in [3.05, 3.63) is 59.9 Å². The number of carbonyl (C=O) groups is 3. The normalized spacial score (nSPS) is 15.5. The molecule has 2 amide bonds. The van der Waals surface area contributed by atoms with Crippen LogP contribution in [0.15, 0.2) is 47.1 Å². The number of nitrogens with one attached hydrogen (secondary N) is 3. The first-order chi connectivity index (χ1) is 23.6. The number of amides is 2. The van der Waals surface area contributed by atoms with Crippen molar-refractivity contribution < 1.29 is 41.9 Å². The quantitative estimate of drug-likeness (QED) is 0.164. The number of carboxylic acid groups (broad SMARTS) is 1. The third-order valence-electron chi connectivity index (χ3n) is 8.19. The minimum atomic E-state index is -5.08. The molecule has 1 aliphatic heterocycles. The number of aromatic nitrogens is 6. The number of alkyl halides is 3. The van der Waals surface area contributed by atoms with E-state index in [1.54, 1.807) is 19.3 Å². The van der Waals surface area contributed by atoms with Crippen molar-refractivity contribution in [3.8, 4) is 11.4 Å². The predicted molar refractivity (Wildman–Crippen MR) is 174 cm³/mol. The first-order valence-electron chi connectivity index (χ1n) is 15.8. The average molecular weight is 699 g/mol. The van der Waals surface area contributed by atoms with E-state index in [0.717, 1.165) is 46.9 Å². The topological polar surface area (TPSA) is 190 Å². The Kier molecular flexibility index (Phi) is 10.5. The molecule has 1 saturated heterocycles. The predicted octanol–water partition coefficient (Wildman–Crippen LogP) is 4.97. The summed E-state index contributed by atoms with van der Waals surface area (Å²) in [6.07, 6.45) is -0.406. The molecule has 0 bridgehead atoms. The van der Waals surface area contributed by atoms with Crippen LogP contribution >= 0.6 is 0 Å². The number of hydrogen-bond donors (Lipinski definition) is 4. The lowest BCUT2D eigenvalue weighted by Gasteiger charge is -2.33. The van der Waals surface area contributed by atoms with Gasteiger partial charge in [0.15, 0.2) is 5.82 Å². The van der Waals surface area contributed by atoms with Crippen LogP contribution in [0.1, 0.15) is 68.1 Å². The number of nitrogens with zero attached hydrogens (tertiary/aromatic N) is 5. The fraction of sp³-hybridized carbons (Fsp3) is 0.424. The van der Waals surface area contributed by atoms with E-state index in [0.29, 0.717) is 29.5 Å². The number of carboxylic acids is 1. The fourth-order valence-electron chi connectivity index (χ4n) is 5.63. The Balaban J connectivity index is 0.000000630. The van der Waals surface area contributed by atoms with Crippen molar-refractivity contribution in [2.75, 3.05) is 13.7 Å². The second-order valence-electron chi connectivity index (χ2n) is 12.9. The molecule has 1 aliphatic rings. The van der Waals surface area contributed by atoms with Gasteiger partial charge in [-0.3, -0.25) is 14.7 Å². The van der Waals surface area contributed by atoms with Gasteiger partial charge in [0.05, 0.1) is 35.4 Å². The number of aromatic amines is 1. The van der Waals surface area contributed by atoms with Gasteiger partial charge >= 0.3 is 12.1 Å². The summed E-state index contributed by atoms with van der Waals surface area (Å²) in [5, 5.41) is 25.0. The van der Waals surface area contributed by atoms with Crippen LogP contribution in [0.5, 0.6) is 0 Å². The molecule has 2 unspecified atom stereocenters. The highest BCUT2D eigenvalue weighted by Gasteiger charge is 2.38. The van der Waals surface area contributed by atoms with Crippen LogP contribution in [0.2, 0.25) is 0 Å². The van der Waals surface area contributed by atoms with E-state index in [9.17, 15) is 22.8 Å². The van der Waals surface area contributed by atoms with E-state index in [2.05, 4.69) is 56.3 Å².